The second kappa shape index (κ2) is 7.56. The Kier molecular flexibility index (Phi) is 4.81. The number of benzene rings is 3. The molecule has 0 aromatic heterocycles. The van der Waals surface area contributed by atoms with Gasteiger partial charge in [0.2, 0.25) is 29.0 Å². The summed E-state index contributed by atoms with van der Waals surface area (Å²) in [5.41, 5.74) is -0.746. The summed E-state index contributed by atoms with van der Waals surface area (Å²) in [6.45, 7) is 0. The minimum Gasteiger partial charge on any atom is -0.349 e. The van der Waals surface area contributed by atoms with Crippen molar-refractivity contribution in [1.29, 1.82) is 0 Å². The molecule has 6 nitrogen and oxygen atoms in total. The molecule has 8 heteroatoms. The van der Waals surface area contributed by atoms with Gasteiger partial charge in [-0.25, -0.2) is 4.90 Å². The number of carbonyl (C=O) groups excluding carboxylic acids is 4. The average molecular weight is 584 g/mol. The zero-order chi connectivity index (χ0) is 23.8. The van der Waals surface area contributed by atoms with Crippen LogP contribution < -0.4 is 4.90 Å². The number of anilines is 1. The lowest BCUT2D eigenvalue weighted by atomic mass is 9.77. The van der Waals surface area contributed by atoms with Gasteiger partial charge in [-0.2, -0.15) is 0 Å². The number of ether oxygens (including phenoxy) is 1. The summed E-state index contributed by atoms with van der Waals surface area (Å²) in [4.78, 5) is 56.2. The first-order chi connectivity index (χ1) is 16.4. The van der Waals surface area contributed by atoms with Gasteiger partial charge in [-0.1, -0.05) is 60.1 Å². The molecule has 2 aliphatic heterocycles. The number of rotatable bonds is 2. The maximum atomic E-state index is 13.9. The van der Waals surface area contributed by atoms with Crippen molar-refractivity contribution in [3.05, 3.63) is 98.1 Å². The zero-order valence-electron chi connectivity index (χ0n) is 17.4. The first kappa shape index (κ1) is 21.6. The highest BCUT2D eigenvalue weighted by Crippen LogP contribution is 2.58. The minimum atomic E-state index is -2.09. The normalized spacial score (nSPS) is 24.8. The van der Waals surface area contributed by atoms with E-state index in [0.29, 0.717) is 19.8 Å². The van der Waals surface area contributed by atoms with Crippen LogP contribution in [-0.2, 0) is 14.3 Å². The maximum Gasteiger partial charge on any atom is 0.241 e. The van der Waals surface area contributed by atoms with Gasteiger partial charge in [0, 0.05) is 19.7 Å². The summed E-state index contributed by atoms with van der Waals surface area (Å²) < 4.78 is 6.95. The number of halogens is 2. The van der Waals surface area contributed by atoms with Crippen LogP contribution in [0.1, 0.15) is 32.4 Å². The largest absolute Gasteiger partial charge is 0.349 e. The molecule has 0 unspecified atom stereocenters. The second-order valence-corrected chi connectivity index (χ2v) is 10.1. The third-order valence-electron chi connectivity index (χ3n) is 6.79. The van der Waals surface area contributed by atoms with Gasteiger partial charge in [-0.15, -0.1) is 0 Å². The van der Waals surface area contributed by atoms with Crippen LogP contribution in [0.2, 0.25) is 5.02 Å². The predicted octanol–water partition coefficient (Wildman–Crippen LogP) is 4.64. The number of para-hydroxylation sites is 1. The molecule has 2 fully saturated rings. The van der Waals surface area contributed by atoms with E-state index in [2.05, 4.69) is 22.6 Å². The quantitative estimate of drug-likeness (QED) is 0.250. The lowest BCUT2D eigenvalue weighted by molar-refractivity contribution is -0.127. The Morgan fingerprint density at radius 2 is 1.47 bits per heavy atom. The van der Waals surface area contributed by atoms with Crippen molar-refractivity contribution in [3.8, 4) is 0 Å². The number of carbonyl (C=O) groups is 4. The van der Waals surface area contributed by atoms with Gasteiger partial charge >= 0.3 is 0 Å². The molecule has 1 spiro atoms. The first-order valence-electron chi connectivity index (χ1n) is 10.6. The molecule has 0 saturated carbocycles. The third kappa shape index (κ3) is 2.71. The average Bonchev–Trinajstić information content (AvgIpc) is 3.40. The van der Waals surface area contributed by atoms with E-state index in [-0.39, 0.29) is 11.1 Å². The lowest BCUT2D eigenvalue weighted by Gasteiger charge is -2.27. The van der Waals surface area contributed by atoms with Gasteiger partial charge in [0.25, 0.3) is 0 Å². The Bertz CT molecular complexity index is 1400. The standard InChI is InChI=1S/C26H15ClINO5/c27-14-7-5-6-13(12-14)21-19-20(25(33)29(24(19)32)18-11-4-3-10-17(18)28)26(34-21)22(30)15-8-1-2-9-16(15)23(26)31/h1-12,19-21H/t19-,20-,21-/m1/s1. The molecule has 2 heterocycles. The first-order valence-corrected chi connectivity index (χ1v) is 12.1. The molecule has 6 rings (SSSR count). The molecule has 3 aromatic rings. The summed E-state index contributed by atoms with van der Waals surface area (Å²) in [6, 6.07) is 20.1. The van der Waals surface area contributed by atoms with Gasteiger partial charge in [0.1, 0.15) is 0 Å². The van der Waals surface area contributed by atoms with Crippen LogP contribution >= 0.6 is 34.2 Å². The van der Waals surface area contributed by atoms with Crippen LogP contribution in [0.25, 0.3) is 0 Å². The molecule has 34 heavy (non-hydrogen) atoms. The predicted molar refractivity (Wildman–Crippen MR) is 132 cm³/mol. The summed E-state index contributed by atoms with van der Waals surface area (Å²) in [7, 11) is 0. The van der Waals surface area contributed by atoms with Crippen molar-refractivity contribution in [2.45, 2.75) is 11.7 Å². The fourth-order valence-electron chi connectivity index (χ4n) is 5.37. The summed E-state index contributed by atoms with van der Waals surface area (Å²) in [5, 5.41) is 0.414. The molecule has 2 saturated heterocycles. The molecule has 0 N–H and O–H groups in total. The van der Waals surface area contributed by atoms with Crippen LogP contribution in [0.4, 0.5) is 5.69 Å². The molecular weight excluding hydrogens is 569 g/mol. The van der Waals surface area contributed by atoms with E-state index in [0.717, 1.165) is 4.90 Å². The van der Waals surface area contributed by atoms with E-state index in [1.807, 2.05) is 0 Å². The van der Waals surface area contributed by atoms with Gasteiger partial charge in [-0.3, -0.25) is 19.2 Å². The van der Waals surface area contributed by atoms with Gasteiger partial charge < -0.3 is 4.74 Å². The van der Waals surface area contributed by atoms with Crippen LogP contribution in [0, 0.1) is 15.4 Å². The highest BCUT2D eigenvalue weighted by atomic mass is 127. The van der Waals surface area contributed by atoms with Gasteiger partial charge in [0.15, 0.2) is 0 Å². The van der Waals surface area contributed by atoms with Crippen LogP contribution in [0.15, 0.2) is 72.8 Å². The fourth-order valence-corrected chi connectivity index (χ4v) is 6.20. The molecule has 0 bridgehead atoms. The number of hydrogen-bond acceptors (Lipinski definition) is 5. The van der Waals surface area contributed by atoms with E-state index < -0.39 is 46.9 Å². The molecule has 3 aliphatic rings. The Morgan fingerprint density at radius 3 is 2.12 bits per heavy atom. The number of amides is 2. The summed E-state index contributed by atoms with van der Waals surface area (Å²) in [6.07, 6.45) is -0.992. The smallest absolute Gasteiger partial charge is 0.241 e. The molecule has 168 valence electrons. The minimum absolute atomic E-state index is 0.200. The Morgan fingerprint density at radius 1 is 0.824 bits per heavy atom. The van der Waals surface area contributed by atoms with E-state index >= 15 is 0 Å². The maximum absolute atomic E-state index is 13.9. The number of fused-ring (bicyclic) bond motifs is 3. The summed E-state index contributed by atoms with van der Waals surface area (Å²) in [5.74, 6) is -4.62. The number of hydrogen-bond donors (Lipinski definition) is 0. The van der Waals surface area contributed by atoms with Crippen molar-refractivity contribution < 1.29 is 23.9 Å². The fraction of sp³-hybridized carbons (Fsp3) is 0.154. The number of ketones is 2. The van der Waals surface area contributed by atoms with E-state index in [1.54, 1.807) is 72.8 Å². The monoisotopic (exact) mass is 583 g/mol. The third-order valence-corrected chi connectivity index (χ3v) is 7.94. The number of nitrogens with zero attached hydrogens (tertiary/aromatic N) is 1. The van der Waals surface area contributed by atoms with Crippen molar-refractivity contribution in [2.24, 2.45) is 11.8 Å². The van der Waals surface area contributed by atoms with Crippen LogP contribution in [-0.4, -0.2) is 29.0 Å². The molecule has 2 amide bonds. The van der Waals surface area contributed by atoms with Crippen LogP contribution in [0.3, 0.4) is 0 Å². The van der Waals surface area contributed by atoms with Crippen molar-refractivity contribution in [1.82, 2.24) is 0 Å². The number of Topliss-reactive ketones (excluding diaryl/α,β-unsaturated/α-hetero) is 2. The van der Waals surface area contributed by atoms with Crippen molar-refractivity contribution in [3.63, 3.8) is 0 Å². The second-order valence-electron chi connectivity index (χ2n) is 8.50. The molecule has 0 radical (unpaired) electrons. The van der Waals surface area contributed by atoms with Crippen molar-refractivity contribution in [2.75, 3.05) is 4.90 Å². The van der Waals surface area contributed by atoms with Gasteiger partial charge in [-0.05, 0) is 52.4 Å². The molecular formula is C26H15ClINO5. The van der Waals surface area contributed by atoms with Crippen LogP contribution in [0.5, 0.6) is 0 Å². The lowest BCUT2D eigenvalue weighted by Crippen LogP contribution is -2.51. The highest BCUT2D eigenvalue weighted by Gasteiger charge is 2.74. The van der Waals surface area contributed by atoms with E-state index in [9.17, 15) is 19.2 Å². The highest BCUT2D eigenvalue weighted by molar-refractivity contribution is 14.1. The van der Waals surface area contributed by atoms with E-state index in [4.69, 9.17) is 16.3 Å². The van der Waals surface area contributed by atoms with Crippen molar-refractivity contribution >= 4 is 63.3 Å². The zero-order valence-corrected chi connectivity index (χ0v) is 20.3. The topological polar surface area (TPSA) is 80.8 Å². The SMILES string of the molecule is O=C1[C@H]2[C@@H](c3cccc(Cl)c3)OC3(C(=O)c4ccccc4C3=O)[C@H]2C(=O)N1c1ccccc1I. The number of imide groups is 1. The Hall–Kier alpha value is -2.88. The molecule has 3 atom stereocenters. The molecule has 1 aliphatic carbocycles. The Labute approximate surface area is 213 Å². The van der Waals surface area contributed by atoms with Gasteiger partial charge in [0.05, 0.1) is 23.6 Å². The molecule has 3 aromatic carbocycles. The summed E-state index contributed by atoms with van der Waals surface area (Å²) >= 11 is 8.26. The van der Waals surface area contributed by atoms with E-state index in [1.165, 1.54) is 0 Å². The Balaban J connectivity index is 1.57.